The van der Waals surface area contributed by atoms with Crippen LogP contribution in [-0.4, -0.2) is 5.11 Å². The van der Waals surface area contributed by atoms with E-state index < -0.39 is 6.10 Å². The molecule has 3 rings (SSSR count). The van der Waals surface area contributed by atoms with Crippen LogP contribution >= 0.6 is 0 Å². The fourth-order valence-corrected chi connectivity index (χ4v) is 2.38. The van der Waals surface area contributed by atoms with Crippen LogP contribution < -0.4 is 4.74 Å². The highest BCUT2D eigenvalue weighted by molar-refractivity contribution is 5.38. The molecule has 1 aliphatic heterocycles. The van der Waals surface area contributed by atoms with Gasteiger partial charge in [-0.2, -0.15) is 0 Å². The van der Waals surface area contributed by atoms with Crippen molar-refractivity contribution in [3.63, 3.8) is 0 Å². The van der Waals surface area contributed by atoms with Gasteiger partial charge in [-0.1, -0.05) is 48.0 Å². The highest BCUT2D eigenvalue weighted by Crippen LogP contribution is 2.40. The number of hydrogen-bond donors (Lipinski definition) is 1. The molecule has 0 saturated carbocycles. The maximum atomic E-state index is 10.2. The third-order valence-electron chi connectivity index (χ3n) is 3.43. The van der Waals surface area contributed by atoms with Crippen molar-refractivity contribution in [3.8, 4) is 5.75 Å². The molecule has 0 spiro atoms. The second kappa shape index (κ2) is 4.46. The smallest absolute Gasteiger partial charge is 0.127 e. The summed E-state index contributed by atoms with van der Waals surface area (Å²) in [6, 6.07) is 16.0. The molecule has 92 valence electrons. The Morgan fingerprint density at radius 1 is 1.06 bits per heavy atom. The molecular formula is C16H16O2. The summed E-state index contributed by atoms with van der Waals surface area (Å²) in [6.07, 6.45) is 0.108. The molecule has 2 aromatic rings. The highest BCUT2D eigenvalue weighted by atomic mass is 16.5. The van der Waals surface area contributed by atoms with E-state index in [2.05, 4.69) is 31.2 Å². The zero-order valence-corrected chi connectivity index (χ0v) is 10.3. The van der Waals surface area contributed by atoms with Crippen molar-refractivity contribution in [3.05, 3.63) is 65.2 Å². The van der Waals surface area contributed by atoms with Gasteiger partial charge in [0.2, 0.25) is 0 Å². The predicted octanol–water partition coefficient (Wildman–Crippen LogP) is 3.55. The lowest BCUT2D eigenvalue weighted by Gasteiger charge is -2.29. The van der Waals surface area contributed by atoms with Gasteiger partial charge in [0.15, 0.2) is 0 Å². The molecule has 2 heteroatoms. The minimum atomic E-state index is -0.443. The fourth-order valence-electron chi connectivity index (χ4n) is 2.38. The molecule has 1 unspecified atom stereocenters. The number of para-hydroxylation sites is 1. The summed E-state index contributed by atoms with van der Waals surface area (Å²) in [5.74, 6) is 0.793. The minimum absolute atomic E-state index is 0.0597. The first-order valence-electron chi connectivity index (χ1n) is 6.24. The second-order valence-corrected chi connectivity index (χ2v) is 4.81. The van der Waals surface area contributed by atoms with Crippen molar-refractivity contribution in [1.29, 1.82) is 0 Å². The van der Waals surface area contributed by atoms with Crippen molar-refractivity contribution in [2.75, 3.05) is 0 Å². The van der Waals surface area contributed by atoms with Crippen LogP contribution in [0.1, 0.15) is 35.3 Å². The van der Waals surface area contributed by atoms with E-state index in [0.29, 0.717) is 6.42 Å². The number of hydrogen-bond acceptors (Lipinski definition) is 2. The molecule has 0 fully saturated rings. The third kappa shape index (κ3) is 2.00. The van der Waals surface area contributed by atoms with Crippen LogP contribution in [0.2, 0.25) is 0 Å². The van der Waals surface area contributed by atoms with Crippen LogP contribution in [0.25, 0.3) is 0 Å². The van der Waals surface area contributed by atoms with Crippen LogP contribution in [0.3, 0.4) is 0 Å². The first-order valence-corrected chi connectivity index (χ1v) is 6.24. The molecule has 1 aliphatic rings. The first-order chi connectivity index (χ1) is 8.74. The summed E-state index contributed by atoms with van der Waals surface area (Å²) in [5.41, 5.74) is 3.24. The van der Waals surface area contributed by atoms with Gasteiger partial charge >= 0.3 is 0 Å². The summed E-state index contributed by atoms with van der Waals surface area (Å²) in [6.45, 7) is 2.07. The average Bonchev–Trinajstić information content (AvgIpc) is 2.39. The summed E-state index contributed by atoms with van der Waals surface area (Å²) in [4.78, 5) is 0. The molecule has 0 aliphatic carbocycles. The van der Waals surface area contributed by atoms with Crippen molar-refractivity contribution in [2.24, 2.45) is 0 Å². The maximum Gasteiger partial charge on any atom is 0.127 e. The van der Waals surface area contributed by atoms with E-state index in [1.54, 1.807) is 0 Å². The molecule has 18 heavy (non-hydrogen) atoms. The Kier molecular flexibility index (Phi) is 2.80. The Labute approximate surface area is 107 Å². The second-order valence-electron chi connectivity index (χ2n) is 4.81. The quantitative estimate of drug-likeness (QED) is 0.826. The number of aliphatic hydroxyl groups excluding tert-OH is 1. The molecule has 1 heterocycles. The van der Waals surface area contributed by atoms with Crippen LogP contribution in [0.15, 0.2) is 48.5 Å². The Hall–Kier alpha value is -1.80. The van der Waals surface area contributed by atoms with Gasteiger partial charge in [0.1, 0.15) is 11.9 Å². The van der Waals surface area contributed by atoms with Gasteiger partial charge < -0.3 is 9.84 Å². The molecular weight excluding hydrogens is 224 g/mol. The van der Waals surface area contributed by atoms with Crippen molar-refractivity contribution < 1.29 is 9.84 Å². The molecule has 1 N–H and O–H groups in total. The van der Waals surface area contributed by atoms with Gasteiger partial charge in [-0.15, -0.1) is 0 Å². The van der Waals surface area contributed by atoms with E-state index in [0.717, 1.165) is 16.9 Å². The monoisotopic (exact) mass is 240 g/mol. The van der Waals surface area contributed by atoms with Gasteiger partial charge in [-0.3, -0.25) is 0 Å². The normalized spacial score (nSPS) is 22.1. The SMILES string of the molecule is Cc1ccc(C2C[C@@H](O)c3ccccc3O2)cc1. The van der Waals surface area contributed by atoms with Gasteiger partial charge in [-0.05, 0) is 18.6 Å². The molecule has 2 nitrogen and oxygen atoms in total. The number of benzene rings is 2. The van der Waals surface area contributed by atoms with Gasteiger partial charge in [-0.25, -0.2) is 0 Å². The molecule has 2 aromatic carbocycles. The Balaban J connectivity index is 1.92. The largest absolute Gasteiger partial charge is 0.485 e. The van der Waals surface area contributed by atoms with Gasteiger partial charge in [0.25, 0.3) is 0 Å². The number of aryl methyl sites for hydroxylation is 1. The van der Waals surface area contributed by atoms with E-state index in [4.69, 9.17) is 4.74 Å². The van der Waals surface area contributed by atoms with E-state index in [-0.39, 0.29) is 6.10 Å². The van der Waals surface area contributed by atoms with Crippen molar-refractivity contribution in [1.82, 2.24) is 0 Å². The van der Waals surface area contributed by atoms with E-state index in [1.807, 2.05) is 24.3 Å². The van der Waals surface area contributed by atoms with Crippen LogP contribution in [-0.2, 0) is 0 Å². The van der Waals surface area contributed by atoms with Crippen molar-refractivity contribution in [2.45, 2.75) is 25.6 Å². The van der Waals surface area contributed by atoms with E-state index >= 15 is 0 Å². The number of aliphatic hydroxyl groups is 1. The topological polar surface area (TPSA) is 29.5 Å². The lowest BCUT2D eigenvalue weighted by atomic mass is 9.95. The third-order valence-corrected chi connectivity index (χ3v) is 3.43. The van der Waals surface area contributed by atoms with Gasteiger partial charge in [0.05, 0.1) is 6.10 Å². The summed E-state index contributed by atoms with van der Waals surface area (Å²) >= 11 is 0. The lowest BCUT2D eigenvalue weighted by molar-refractivity contribution is 0.0657. The molecule has 0 aromatic heterocycles. The zero-order valence-electron chi connectivity index (χ0n) is 10.3. The van der Waals surface area contributed by atoms with Gasteiger partial charge in [0, 0.05) is 12.0 Å². The first kappa shape index (κ1) is 11.3. The number of rotatable bonds is 1. The fraction of sp³-hybridized carbons (Fsp3) is 0.250. The number of ether oxygens (including phenoxy) is 1. The number of fused-ring (bicyclic) bond motifs is 1. The van der Waals surface area contributed by atoms with Crippen molar-refractivity contribution >= 4 is 0 Å². The maximum absolute atomic E-state index is 10.2. The minimum Gasteiger partial charge on any atom is -0.485 e. The molecule has 0 amide bonds. The van der Waals surface area contributed by atoms with Crippen LogP contribution in [0.5, 0.6) is 5.75 Å². The standard InChI is InChI=1S/C16H16O2/c1-11-6-8-12(9-7-11)16-10-14(17)13-4-2-3-5-15(13)18-16/h2-9,14,16-17H,10H2,1H3/t14-,16?/m1/s1. The molecule has 0 saturated heterocycles. The summed E-state index contributed by atoms with van der Waals surface area (Å²) < 4.78 is 5.97. The predicted molar refractivity (Wildman–Crippen MR) is 70.6 cm³/mol. The Morgan fingerprint density at radius 3 is 2.56 bits per heavy atom. The highest BCUT2D eigenvalue weighted by Gasteiger charge is 2.27. The molecule has 0 radical (unpaired) electrons. The summed E-state index contributed by atoms with van der Waals surface area (Å²) in [7, 11) is 0. The van der Waals surface area contributed by atoms with Crippen LogP contribution in [0.4, 0.5) is 0 Å². The lowest BCUT2D eigenvalue weighted by Crippen LogP contribution is -2.18. The molecule has 0 bridgehead atoms. The average molecular weight is 240 g/mol. The Bertz CT molecular complexity index is 545. The van der Waals surface area contributed by atoms with E-state index in [1.165, 1.54) is 5.56 Å². The molecule has 2 atom stereocenters. The van der Waals surface area contributed by atoms with Crippen LogP contribution in [0, 0.1) is 6.92 Å². The van der Waals surface area contributed by atoms with E-state index in [9.17, 15) is 5.11 Å². The Morgan fingerprint density at radius 2 is 1.78 bits per heavy atom. The summed E-state index contributed by atoms with van der Waals surface area (Å²) in [5, 5.41) is 10.2. The zero-order chi connectivity index (χ0) is 12.5.